The van der Waals surface area contributed by atoms with E-state index in [1.807, 2.05) is 0 Å². The molecule has 2 heterocycles. The zero-order valence-electron chi connectivity index (χ0n) is 16.8. The Bertz CT molecular complexity index is 1010. The fraction of sp³-hybridized carbons (Fsp3) is 0.381. The summed E-state index contributed by atoms with van der Waals surface area (Å²) in [6.45, 7) is -0.729. The number of benzene rings is 1. The highest BCUT2D eigenvalue weighted by Gasteiger charge is 2.48. The Balaban J connectivity index is 1.77. The molecule has 172 valence electrons. The summed E-state index contributed by atoms with van der Waals surface area (Å²) >= 11 is 0. The molecule has 2 aliphatic heterocycles. The molecule has 1 aromatic carbocycles. The molecule has 32 heavy (non-hydrogen) atoms. The third-order valence-electron chi connectivity index (χ3n) is 5.46. The SMILES string of the molecule is COC1=C(O)C(=O)C2=C(c3ccc(O)cc3)COC2=C1O[C@@H]1O[C@H](CO)[C@@H](O)[C@H](O)[C@H]1O. The molecule has 1 aromatic rings. The molecule has 11 nitrogen and oxygen atoms in total. The van der Waals surface area contributed by atoms with Crippen molar-refractivity contribution in [1.29, 1.82) is 0 Å². The fourth-order valence-corrected chi connectivity index (χ4v) is 3.74. The molecule has 1 fully saturated rings. The van der Waals surface area contributed by atoms with Gasteiger partial charge >= 0.3 is 0 Å². The Hall–Kier alpha value is -3.09. The predicted molar refractivity (Wildman–Crippen MR) is 105 cm³/mol. The summed E-state index contributed by atoms with van der Waals surface area (Å²) in [6.07, 6.45) is -7.85. The van der Waals surface area contributed by atoms with Crippen molar-refractivity contribution >= 4 is 11.4 Å². The van der Waals surface area contributed by atoms with Crippen LogP contribution in [0.25, 0.3) is 5.57 Å². The third-order valence-corrected chi connectivity index (χ3v) is 5.46. The molecule has 4 rings (SSSR count). The number of aliphatic hydroxyl groups excluding tert-OH is 5. The first-order valence-corrected chi connectivity index (χ1v) is 9.68. The minimum absolute atomic E-state index is 0.00594. The van der Waals surface area contributed by atoms with Gasteiger partial charge in [0.15, 0.2) is 5.76 Å². The minimum Gasteiger partial charge on any atom is -0.508 e. The van der Waals surface area contributed by atoms with Crippen LogP contribution in [0.5, 0.6) is 5.75 Å². The van der Waals surface area contributed by atoms with E-state index in [-0.39, 0.29) is 35.2 Å². The van der Waals surface area contributed by atoms with E-state index in [9.17, 15) is 35.4 Å². The zero-order valence-corrected chi connectivity index (χ0v) is 16.8. The highest BCUT2D eigenvalue weighted by atomic mass is 16.7. The Morgan fingerprint density at radius 2 is 1.72 bits per heavy atom. The standard InChI is InChI=1S/C21H22O11/c1-29-19-16(27)14(25)12-10(8-2-4-9(23)5-3-8)7-30-18(12)20(19)32-21-17(28)15(26)13(24)11(6-22)31-21/h2-5,11,13,15,17,21-24,26-28H,6-7H2,1H3/t11-,13-,15+,17-,21+/m1/s1. The zero-order chi connectivity index (χ0) is 23.2. The summed E-state index contributed by atoms with van der Waals surface area (Å²) in [5, 5.41) is 59.7. The third kappa shape index (κ3) is 3.49. The second kappa shape index (κ2) is 8.45. The van der Waals surface area contributed by atoms with E-state index in [1.165, 1.54) is 19.2 Å². The number of fused-ring (bicyclic) bond motifs is 1. The minimum atomic E-state index is -1.73. The second-order valence-electron chi connectivity index (χ2n) is 7.37. The first-order valence-electron chi connectivity index (χ1n) is 9.68. The topological polar surface area (TPSA) is 175 Å². The number of Topliss-reactive ketones (excluding diaryl/α,β-unsaturated/α-hetero) is 1. The van der Waals surface area contributed by atoms with Gasteiger partial charge in [0.2, 0.25) is 29.4 Å². The van der Waals surface area contributed by atoms with E-state index in [4.69, 9.17) is 18.9 Å². The summed E-state index contributed by atoms with van der Waals surface area (Å²) in [5.41, 5.74) is 0.970. The van der Waals surface area contributed by atoms with Crippen LogP contribution in [0, 0.1) is 0 Å². The maximum absolute atomic E-state index is 12.9. The van der Waals surface area contributed by atoms with Crippen molar-refractivity contribution in [2.45, 2.75) is 30.7 Å². The summed E-state index contributed by atoms with van der Waals surface area (Å²) in [4.78, 5) is 12.9. The van der Waals surface area contributed by atoms with Gasteiger partial charge in [-0.15, -0.1) is 0 Å². The van der Waals surface area contributed by atoms with E-state index in [0.29, 0.717) is 11.1 Å². The number of allylic oxidation sites excluding steroid dienone is 2. The smallest absolute Gasteiger partial charge is 0.235 e. The molecule has 0 saturated carbocycles. The Labute approximate surface area is 181 Å². The van der Waals surface area contributed by atoms with Crippen molar-refractivity contribution in [3.05, 3.63) is 58.4 Å². The van der Waals surface area contributed by atoms with Crippen LogP contribution in [0.4, 0.5) is 0 Å². The molecule has 0 radical (unpaired) electrons. The van der Waals surface area contributed by atoms with Crippen LogP contribution in [0.1, 0.15) is 5.56 Å². The quantitative estimate of drug-likeness (QED) is 0.331. The molecule has 3 aliphatic rings. The molecule has 1 aliphatic carbocycles. The van der Waals surface area contributed by atoms with Crippen molar-refractivity contribution in [3.8, 4) is 5.75 Å². The average Bonchev–Trinajstić information content (AvgIpc) is 3.23. The highest BCUT2D eigenvalue weighted by Crippen LogP contribution is 2.42. The van der Waals surface area contributed by atoms with Crippen LogP contribution in [-0.2, 0) is 23.7 Å². The van der Waals surface area contributed by atoms with Gasteiger partial charge in [0.05, 0.1) is 19.3 Å². The van der Waals surface area contributed by atoms with Gasteiger partial charge in [0.25, 0.3) is 0 Å². The van der Waals surface area contributed by atoms with E-state index in [1.54, 1.807) is 12.1 Å². The molecule has 5 atom stereocenters. The van der Waals surface area contributed by atoms with Gasteiger partial charge in [-0.1, -0.05) is 12.1 Å². The number of aliphatic hydroxyl groups is 5. The first-order chi connectivity index (χ1) is 15.3. The number of ketones is 1. The number of aromatic hydroxyl groups is 1. The molecule has 0 unspecified atom stereocenters. The highest BCUT2D eigenvalue weighted by molar-refractivity contribution is 6.17. The number of hydrogen-bond donors (Lipinski definition) is 6. The van der Waals surface area contributed by atoms with Gasteiger partial charge in [-0.2, -0.15) is 0 Å². The average molecular weight is 450 g/mol. The largest absolute Gasteiger partial charge is 0.508 e. The number of rotatable bonds is 5. The lowest BCUT2D eigenvalue weighted by molar-refractivity contribution is -0.292. The molecule has 0 bridgehead atoms. The van der Waals surface area contributed by atoms with Gasteiger partial charge in [-0.05, 0) is 17.7 Å². The maximum Gasteiger partial charge on any atom is 0.235 e. The number of phenols is 1. The van der Waals surface area contributed by atoms with Crippen LogP contribution in [0.15, 0.2) is 52.9 Å². The fourth-order valence-electron chi connectivity index (χ4n) is 3.74. The number of carbonyl (C=O) groups is 1. The van der Waals surface area contributed by atoms with E-state index >= 15 is 0 Å². The van der Waals surface area contributed by atoms with Crippen molar-refractivity contribution in [2.75, 3.05) is 20.3 Å². The van der Waals surface area contributed by atoms with Gasteiger partial charge < -0.3 is 49.6 Å². The summed E-state index contributed by atoms with van der Waals surface area (Å²) in [6, 6.07) is 6.00. The molecule has 1 saturated heterocycles. The van der Waals surface area contributed by atoms with Gasteiger partial charge in [-0.3, -0.25) is 4.79 Å². The molecule has 0 aromatic heterocycles. The number of methoxy groups -OCH3 is 1. The van der Waals surface area contributed by atoms with Crippen molar-refractivity contribution in [2.24, 2.45) is 0 Å². The monoisotopic (exact) mass is 450 g/mol. The lowest BCUT2D eigenvalue weighted by atomic mass is 9.93. The lowest BCUT2D eigenvalue weighted by Crippen LogP contribution is -2.59. The van der Waals surface area contributed by atoms with Crippen molar-refractivity contribution < 1.29 is 54.4 Å². The maximum atomic E-state index is 12.9. The molecular formula is C21H22O11. The van der Waals surface area contributed by atoms with Gasteiger partial charge in [-0.25, -0.2) is 0 Å². The number of phenolic OH excluding ortho intramolecular Hbond substituents is 1. The van der Waals surface area contributed by atoms with E-state index in [0.717, 1.165) is 0 Å². The molecule has 0 amide bonds. The molecular weight excluding hydrogens is 428 g/mol. The number of hydrogen-bond acceptors (Lipinski definition) is 11. The predicted octanol–water partition coefficient (Wildman–Crippen LogP) is -0.797. The second-order valence-corrected chi connectivity index (χ2v) is 7.37. The Morgan fingerprint density at radius 3 is 2.34 bits per heavy atom. The van der Waals surface area contributed by atoms with Crippen molar-refractivity contribution in [1.82, 2.24) is 0 Å². The number of ether oxygens (including phenoxy) is 4. The van der Waals surface area contributed by atoms with E-state index < -0.39 is 48.9 Å². The van der Waals surface area contributed by atoms with Crippen LogP contribution in [0.2, 0.25) is 0 Å². The van der Waals surface area contributed by atoms with Crippen molar-refractivity contribution in [3.63, 3.8) is 0 Å². The molecule has 11 heteroatoms. The molecule has 0 spiro atoms. The number of carbonyl (C=O) groups excluding carboxylic acids is 1. The Morgan fingerprint density at radius 1 is 1.03 bits per heavy atom. The van der Waals surface area contributed by atoms with Crippen LogP contribution in [0.3, 0.4) is 0 Å². The van der Waals surface area contributed by atoms with Crippen LogP contribution < -0.4 is 0 Å². The summed E-state index contributed by atoms with van der Waals surface area (Å²) in [7, 11) is 1.18. The Kier molecular flexibility index (Phi) is 5.84. The lowest BCUT2D eigenvalue weighted by Gasteiger charge is -2.40. The summed E-state index contributed by atoms with van der Waals surface area (Å²) in [5.74, 6) is -2.24. The van der Waals surface area contributed by atoms with Crippen LogP contribution in [-0.4, -0.2) is 87.5 Å². The first kappa shape index (κ1) is 22.1. The molecule has 6 N–H and O–H groups in total. The summed E-state index contributed by atoms with van der Waals surface area (Å²) < 4.78 is 21.8. The van der Waals surface area contributed by atoms with Gasteiger partial charge in [0, 0.05) is 5.57 Å². The van der Waals surface area contributed by atoms with Crippen LogP contribution >= 0.6 is 0 Å². The van der Waals surface area contributed by atoms with Gasteiger partial charge in [0.1, 0.15) is 36.8 Å². The normalized spacial score (nSPS) is 30.4. The van der Waals surface area contributed by atoms with E-state index in [2.05, 4.69) is 0 Å².